The summed E-state index contributed by atoms with van der Waals surface area (Å²) in [6, 6.07) is 11.7. The molecule has 0 bridgehead atoms. The molecule has 0 amide bonds. The first kappa shape index (κ1) is 14.2. The van der Waals surface area contributed by atoms with Crippen LogP contribution in [0.4, 0.5) is 4.39 Å². The van der Waals surface area contributed by atoms with Crippen molar-refractivity contribution in [2.75, 3.05) is 0 Å². The topological polar surface area (TPSA) is 71.4 Å². The van der Waals surface area contributed by atoms with E-state index in [1.807, 2.05) is 0 Å². The largest absolute Gasteiger partial charge is 0.480 e. The Hall–Kier alpha value is -2.21. The van der Waals surface area contributed by atoms with E-state index in [1.165, 1.54) is 12.1 Å². The van der Waals surface area contributed by atoms with Crippen LogP contribution in [0.25, 0.3) is 0 Å². The number of benzene rings is 2. The maximum Gasteiger partial charge on any atom is 0.326 e. The van der Waals surface area contributed by atoms with Crippen LogP contribution in [0.15, 0.2) is 59.5 Å². The molecule has 0 radical (unpaired) electrons. The molecule has 0 aliphatic carbocycles. The van der Waals surface area contributed by atoms with Crippen LogP contribution in [-0.2, 0) is 14.6 Å². The lowest BCUT2D eigenvalue weighted by atomic mass is 10.1. The molecular formula is C14H11FO4S. The van der Waals surface area contributed by atoms with Crippen molar-refractivity contribution in [3.63, 3.8) is 0 Å². The van der Waals surface area contributed by atoms with E-state index in [-0.39, 0.29) is 10.5 Å². The lowest BCUT2D eigenvalue weighted by Gasteiger charge is -2.14. The first-order valence-corrected chi connectivity index (χ1v) is 7.25. The Morgan fingerprint density at radius 3 is 2.05 bits per heavy atom. The predicted molar refractivity (Wildman–Crippen MR) is 70.4 cm³/mol. The Balaban J connectivity index is 2.54. The minimum atomic E-state index is -4.14. The maximum absolute atomic E-state index is 12.8. The van der Waals surface area contributed by atoms with Gasteiger partial charge in [0.1, 0.15) is 5.82 Å². The summed E-state index contributed by atoms with van der Waals surface area (Å²) in [5.74, 6) is -2.06. The van der Waals surface area contributed by atoms with Crippen molar-refractivity contribution in [2.24, 2.45) is 0 Å². The van der Waals surface area contributed by atoms with Gasteiger partial charge in [-0.25, -0.2) is 12.8 Å². The van der Waals surface area contributed by atoms with E-state index in [9.17, 15) is 22.7 Å². The molecule has 0 aliphatic heterocycles. The van der Waals surface area contributed by atoms with Gasteiger partial charge in [0.25, 0.3) is 0 Å². The fourth-order valence-electron chi connectivity index (χ4n) is 1.84. The standard InChI is InChI=1S/C14H11FO4S/c15-11-6-8-12(9-7-11)20(18,19)13(14(16)17)10-4-2-1-3-5-10/h1-9,13H,(H,16,17). The molecule has 2 aromatic carbocycles. The van der Waals surface area contributed by atoms with Gasteiger partial charge in [0, 0.05) is 0 Å². The third-order valence-corrected chi connectivity index (χ3v) is 4.80. The van der Waals surface area contributed by atoms with Gasteiger partial charge >= 0.3 is 5.97 Å². The number of rotatable bonds is 4. The number of halogens is 1. The zero-order chi connectivity index (χ0) is 14.8. The summed E-state index contributed by atoms with van der Waals surface area (Å²) in [7, 11) is -4.14. The highest BCUT2D eigenvalue weighted by Gasteiger charge is 2.35. The van der Waals surface area contributed by atoms with Gasteiger partial charge in [0.05, 0.1) is 4.90 Å². The molecule has 0 saturated carbocycles. The summed E-state index contributed by atoms with van der Waals surface area (Å²) < 4.78 is 37.6. The molecule has 2 rings (SSSR count). The summed E-state index contributed by atoms with van der Waals surface area (Å²) in [6.45, 7) is 0. The van der Waals surface area contributed by atoms with E-state index < -0.39 is 26.9 Å². The van der Waals surface area contributed by atoms with Crippen molar-refractivity contribution < 1.29 is 22.7 Å². The molecule has 6 heteroatoms. The average molecular weight is 294 g/mol. The smallest absolute Gasteiger partial charge is 0.326 e. The molecule has 0 aliphatic rings. The summed E-state index contributed by atoms with van der Waals surface area (Å²) in [6.07, 6.45) is 0. The highest BCUT2D eigenvalue weighted by Crippen LogP contribution is 2.29. The molecule has 0 heterocycles. The Morgan fingerprint density at radius 1 is 1.00 bits per heavy atom. The van der Waals surface area contributed by atoms with E-state index in [4.69, 9.17) is 0 Å². The Kier molecular flexibility index (Phi) is 3.85. The minimum absolute atomic E-state index is 0.157. The van der Waals surface area contributed by atoms with Crippen molar-refractivity contribution in [1.29, 1.82) is 0 Å². The first-order valence-electron chi connectivity index (χ1n) is 5.70. The molecule has 0 aromatic heterocycles. The van der Waals surface area contributed by atoms with Crippen LogP contribution < -0.4 is 0 Å². The van der Waals surface area contributed by atoms with Crippen LogP contribution in [-0.4, -0.2) is 19.5 Å². The van der Waals surface area contributed by atoms with Gasteiger partial charge < -0.3 is 5.11 Å². The van der Waals surface area contributed by atoms with Gasteiger partial charge in [-0.05, 0) is 29.8 Å². The van der Waals surface area contributed by atoms with Crippen LogP contribution in [0.2, 0.25) is 0 Å². The minimum Gasteiger partial charge on any atom is -0.480 e. The molecule has 1 N–H and O–H groups in total. The van der Waals surface area contributed by atoms with Crippen LogP contribution >= 0.6 is 0 Å². The average Bonchev–Trinajstić information content (AvgIpc) is 2.39. The molecule has 104 valence electrons. The maximum atomic E-state index is 12.8. The number of carboxylic acids is 1. The number of hydrogen-bond donors (Lipinski definition) is 1. The number of aliphatic carboxylic acids is 1. The van der Waals surface area contributed by atoms with Crippen LogP contribution in [0.3, 0.4) is 0 Å². The zero-order valence-corrected chi connectivity index (χ0v) is 11.0. The number of sulfone groups is 1. The molecule has 20 heavy (non-hydrogen) atoms. The van der Waals surface area contributed by atoms with Crippen molar-refractivity contribution in [2.45, 2.75) is 10.1 Å². The fourth-order valence-corrected chi connectivity index (χ4v) is 3.41. The van der Waals surface area contributed by atoms with Crippen LogP contribution in [0, 0.1) is 5.82 Å². The van der Waals surface area contributed by atoms with Gasteiger partial charge in [-0.3, -0.25) is 4.79 Å². The van der Waals surface area contributed by atoms with Crippen molar-refractivity contribution in [3.05, 3.63) is 66.0 Å². The van der Waals surface area contributed by atoms with E-state index in [1.54, 1.807) is 18.2 Å². The molecule has 1 atom stereocenters. The van der Waals surface area contributed by atoms with E-state index >= 15 is 0 Å². The fraction of sp³-hybridized carbons (Fsp3) is 0.0714. The van der Waals surface area contributed by atoms with Gasteiger partial charge in [0.15, 0.2) is 15.1 Å². The highest BCUT2D eigenvalue weighted by atomic mass is 32.2. The lowest BCUT2D eigenvalue weighted by molar-refractivity contribution is -0.136. The Labute approximate surface area is 115 Å². The molecule has 0 fully saturated rings. The predicted octanol–water partition coefficient (Wildman–Crippen LogP) is 2.43. The van der Waals surface area contributed by atoms with Gasteiger partial charge in [-0.2, -0.15) is 0 Å². The second kappa shape index (κ2) is 5.42. The molecule has 1 unspecified atom stereocenters. The van der Waals surface area contributed by atoms with Gasteiger partial charge in [-0.1, -0.05) is 30.3 Å². The SMILES string of the molecule is O=C(O)C(c1ccccc1)S(=O)(=O)c1ccc(F)cc1. The lowest BCUT2D eigenvalue weighted by Crippen LogP contribution is -2.22. The number of hydrogen-bond acceptors (Lipinski definition) is 3. The van der Waals surface area contributed by atoms with Crippen LogP contribution in [0.5, 0.6) is 0 Å². The quantitative estimate of drug-likeness (QED) is 0.879. The second-order valence-corrected chi connectivity index (χ2v) is 6.16. The van der Waals surface area contributed by atoms with E-state index in [0.29, 0.717) is 0 Å². The number of carbonyl (C=O) groups is 1. The second-order valence-electron chi connectivity index (χ2n) is 4.13. The summed E-state index contributed by atoms with van der Waals surface area (Å²) in [5.41, 5.74) is 0.157. The molecular weight excluding hydrogens is 283 g/mol. The third-order valence-electron chi connectivity index (χ3n) is 2.78. The monoisotopic (exact) mass is 294 g/mol. The van der Waals surface area contributed by atoms with Crippen molar-refractivity contribution in [3.8, 4) is 0 Å². The first-order chi connectivity index (χ1) is 9.43. The van der Waals surface area contributed by atoms with Crippen molar-refractivity contribution in [1.82, 2.24) is 0 Å². The Morgan fingerprint density at radius 2 is 1.55 bits per heavy atom. The molecule has 0 spiro atoms. The number of carboxylic acid groups (broad SMARTS) is 1. The Bertz CT molecular complexity index is 709. The van der Waals surface area contributed by atoms with Gasteiger partial charge in [0.2, 0.25) is 0 Å². The van der Waals surface area contributed by atoms with Gasteiger partial charge in [-0.15, -0.1) is 0 Å². The van der Waals surface area contributed by atoms with Crippen molar-refractivity contribution >= 4 is 15.8 Å². The highest BCUT2D eigenvalue weighted by molar-refractivity contribution is 7.92. The normalized spacial score (nSPS) is 12.8. The summed E-state index contributed by atoms with van der Waals surface area (Å²) in [4.78, 5) is 11.1. The van der Waals surface area contributed by atoms with E-state index in [2.05, 4.69) is 0 Å². The summed E-state index contributed by atoms with van der Waals surface area (Å²) >= 11 is 0. The zero-order valence-electron chi connectivity index (χ0n) is 10.2. The molecule has 0 saturated heterocycles. The molecule has 4 nitrogen and oxygen atoms in total. The third kappa shape index (κ3) is 2.70. The van der Waals surface area contributed by atoms with Crippen LogP contribution in [0.1, 0.15) is 10.8 Å². The van der Waals surface area contributed by atoms with E-state index in [0.717, 1.165) is 24.3 Å². The molecule has 2 aromatic rings. The summed E-state index contributed by atoms with van der Waals surface area (Å²) in [5, 5.41) is 7.51.